The van der Waals surface area contributed by atoms with Gasteiger partial charge >= 0.3 is 0 Å². The van der Waals surface area contributed by atoms with Gasteiger partial charge in [-0.05, 0) is 13.8 Å². The molecule has 0 bridgehead atoms. The fourth-order valence-corrected chi connectivity index (χ4v) is 0.976. The number of rotatable bonds is 6. The lowest BCUT2D eigenvalue weighted by Gasteiger charge is -2.19. The highest BCUT2D eigenvalue weighted by atomic mass is 32.2. The largest absolute Gasteiger partial charge is 0.395 e. The van der Waals surface area contributed by atoms with E-state index in [1.165, 1.54) is 13.8 Å². The van der Waals surface area contributed by atoms with Gasteiger partial charge in [-0.15, -0.1) is 0 Å². The summed E-state index contributed by atoms with van der Waals surface area (Å²) in [7, 11) is -3.44. The van der Waals surface area contributed by atoms with Crippen molar-refractivity contribution in [3.05, 3.63) is 0 Å². The molecule has 6 nitrogen and oxygen atoms in total. The van der Waals surface area contributed by atoms with Crippen molar-refractivity contribution in [2.24, 2.45) is 10.8 Å². The third-order valence-corrected chi connectivity index (χ3v) is 3.48. The molecule has 0 saturated heterocycles. The third-order valence-electron chi connectivity index (χ3n) is 2.94. The van der Waals surface area contributed by atoms with Crippen LogP contribution in [-0.2, 0) is 23.9 Å². The van der Waals surface area contributed by atoms with E-state index in [9.17, 15) is 18.0 Å². The first-order valence-electron chi connectivity index (χ1n) is 6.13. The van der Waals surface area contributed by atoms with Gasteiger partial charge in [-0.2, -0.15) is 8.42 Å². The van der Waals surface area contributed by atoms with E-state index in [1.807, 2.05) is 0 Å². The summed E-state index contributed by atoms with van der Waals surface area (Å²) >= 11 is 0. The first kappa shape index (κ1) is 21.5. The van der Waals surface area contributed by atoms with Crippen molar-refractivity contribution in [1.29, 1.82) is 0 Å². The Labute approximate surface area is 121 Å². The second-order valence-electron chi connectivity index (χ2n) is 6.00. The SMILES string of the molecule is CC(=O)C(C)(C)CO.CC(=O)C(C)(C)COS(C)(=O)=O. The summed E-state index contributed by atoms with van der Waals surface area (Å²) in [6.07, 6.45) is 0.962. The van der Waals surface area contributed by atoms with Gasteiger partial charge in [0, 0.05) is 10.8 Å². The molecule has 0 amide bonds. The topological polar surface area (TPSA) is 97.7 Å². The van der Waals surface area contributed by atoms with E-state index < -0.39 is 20.9 Å². The maximum Gasteiger partial charge on any atom is 0.264 e. The summed E-state index contributed by atoms with van der Waals surface area (Å²) in [6, 6.07) is 0. The van der Waals surface area contributed by atoms with Crippen LogP contribution >= 0.6 is 0 Å². The fraction of sp³-hybridized carbons (Fsp3) is 0.846. The summed E-state index contributed by atoms with van der Waals surface area (Å²) < 4.78 is 25.6. The van der Waals surface area contributed by atoms with Crippen LogP contribution in [0.2, 0.25) is 0 Å². The molecule has 0 spiro atoms. The van der Waals surface area contributed by atoms with Gasteiger partial charge in [0.1, 0.15) is 11.6 Å². The van der Waals surface area contributed by atoms with Crippen LogP contribution in [0, 0.1) is 10.8 Å². The zero-order valence-corrected chi connectivity index (χ0v) is 14.1. The first-order chi connectivity index (χ1) is 8.65. The van der Waals surface area contributed by atoms with E-state index >= 15 is 0 Å². The lowest BCUT2D eigenvalue weighted by Crippen LogP contribution is -2.28. The summed E-state index contributed by atoms with van der Waals surface area (Å²) in [4.78, 5) is 21.4. The fourth-order valence-electron chi connectivity index (χ4n) is 0.467. The van der Waals surface area contributed by atoms with Crippen LogP contribution in [0.15, 0.2) is 0 Å². The Morgan fingerprint density at radius 1 is 1.00 bits per heavy atom. The van der Waals surface area contributed by atoms with E-state index in [2.05, 4.69) is 4.18 Å². The molecule has 0 aromatic carbocycles. The molecule has 0 atom stereocenters. The number of carbonyl (C=O) groups is 2. The molecule has 0 unspecified atom stereocenters. The predicted molar refractivity (Wildman–Crippen MR) is 76.8 cm³/mol. The van der Waals surface area contributed by atoms with E-state index in [-0.39, 0.29) is 24.8 Å². The quantitative estimate of drug-likeness (QED) is 0.740. The molecule has 0 aliphatic carbocycles. The molecular weight excluding hydrogens is 284 g/mol. The molecule has 7 heteroatoms. The summed E-state index contributed by atoms with van der Waals surface area (Å²) in [5.74, 6) is -0.0637. The minimum atomic E-state index is -3.44. The molecule has 0 saturated carbocycles. The molecule has 0 aliphatic rings. The van der Waals surface area contributed by atoms with Gasteiger partial charge in [0.2, 0.25) is 0 Å². The molecule has 120 valence electrons. The average molecular weight is 310 g/mol. The number of aliphatic hydroxyl groups is 1. The summed E-state index contributed by atoms with van der Waals surface area (Å²) in [5.41, 5.74) is -1.27. The normalized spacial score (nSPS) is 12.4. The number of aliphatic hydroxyl groups excluding tert-OH is 1. The smallest absolute Gasteiger partial charge is 0.264 e. The zero-order valence-electron chi connectivity index (χ0n) is 13.3. The van der Waals surface area contributed by atoms with E-state index in [4.69, 9.17) is 5.11 Å². The number of Topliss-reactive ketones (excluding diaryl/α,β-unsaturated/α-hetero) is 2. The number of ketones is 2. The Kier molecular flexibility index (Phi) is 8.44. The number of carbonyl (C=O) groups excluding carboxylic acids is 2. The van der Waals surface area contributed by atoms with Crippen molar-refractivity contribution in [3.63, 3.8) is 0 Å². The molecule has 0 fully saturated rings. The van der Waals surface area contributed by atoms with Crippen LogP contribution in [0.3, 0.4) is 0 Å². The molecule has 0 rings (SSSR count). The van der Waals surface area contributed by atoms with Crippen molar-refractivity contribution in [2.75, 3.05) is 19.5 Å². The molecular formula is C13H26O6S. The minimum Gasteiger partial charge on any atom is -0.395 e. The van der Waals surface area contributed by atoms with Crippen LogP contribution in [0.4, 0.5) is 0 Å². The Morgan fingerprint density at radius 3 is 1.50 bits per heavy atom. The highest BCUT2D eigenvalue weighted by molar-refractivity contribution is 7.85. The van der Waals surface area contributed by atoms with Crippen molar-refractivity contribution in [1.82, 2.24) is 0 Å². The zero-order chi connectivity index (χ0) is 16.8. The van der Waals surface area contributed by atoms with Gasteiger partial charge in [-0.3, -0.25) is 13.8 Å². The number of hydrogen-bond donors (Lipinski definition) is 1. The molecule has 0 aromatic heterocycles. The highest BCUT2D eigenvalue weighted by Gasteiger charge is 2.25. The van der Waals surface area contributed by atoms with Gasteiger partial charge < -0.3 is 5.11 Å². The summed E-state index contributed by atoms with van der Waals surface area (Å²) in [6.45, 7) is 9.44. The van der Waals surface area contributed by atoms with E-state index in [0.717, 1.165) is 6.26 Å². The molecule has 0 aliphatic heterocycles. The van der Waals surface area contributed by atoms with Crippen LogP contribution in [0.5, 0.6) is 0 Å². The maximum absolute atomic E-state index is 10.9. The second kappa shape index (κ2) is 7.85. The third kappa shape index (κ3) is 10.1. The second-order valence-corrected chi connectivity index (χ2v) is 7.65. The van der Waals surface area contributed by atoms with Crippen LogP contribution in [-0.4, -0.2) is 44.6 Å². The molecule has 20 heavy (non-hydrogen) atoms. The lowest BCUT2D eigenvalue weighted by atomic mass is 9.90. The standard InChI is InChI=1S/C7H14O4S.C6H12O2/c1-6(8)7(2,3)5-11-12(4,9)10;1-5(8)6(2,3)4-7/h5H2,1-4H3;7H,4H2,1-3H3. The Bertz CT molecular complexity index is 434. The molecule has 0 heterocycles. The van der Waals surface area contributed by atoms with Crippen LogP contribution in [0.1, 0.15) is 41.5 Å². The molecule has 0 radical (unpaired) electrons. The van der Waals surface area contributed by atoms with Crippen LogP contribution in [0.25, 0.3) is 0 Å². The monoisotopic (exact) mass is 310 g/mol. The van der Waals surface area contributed by atoms with Crippen molar-refractivity contribution >= 4 is 21.7 Å². The van der Waals surface area contributed by atoms with E-state index in [0.29, 0.717) is 0 Å². The van der Waals surface area contributed by atoms with Crippen molar-refractivity contribution in [2.45, 2.75) is 41.5 Å². The van der Waals surface area contributed by atoms with Crippen LogP contribution < -0.4 is 0 Å². The van der Waals surface area contributed by atoms with Crippen molar-refractivity contribution < 1.29 is 27.3 Å². The van der Waals surface area contributed by atoms with Gasteiger partial charge in [0.15, 0.2) is 0 Å². The Hall–Kier alpha value is -0.790. The maximum atomic E-state index is 10.9. The van der Waals surface area contributed by atoms with E-state index in [1.54, 1.807) is 27.7 Å². The Morgan fingerprint density at radius 2 is 1.35 bits per heavy atom. The Balaban J connectivity index is 0. The molecule has 1 N–H and O–H groups in total. The average Bonchev–Trinajstić information content (AvgIpc) is 2.26. The predicted octanol–water partition coefficient (Wildman–Crippen LogP) is 1.17. The van der Waals surface area contributed by atoms with Gasteiger partial charge in [0.25, 0.3) is 10.1 Å². The number of hydrogen-bond acceptors (Lipinski definition) is 6. The highest BCUT2D eigenvalue weighted by Crippen LogP contribution is 2.17. The van der Waals surface area contributed by atoms with Crippen molar-refractivity contribution in [3.8, 4) is 0 Å². The van der Waals surface area contributed by atoms with Gasteiger partial charge in [-0.25, -0.2) is 0 Å². The van der Waals surface area contributed by atoms with Gasteiger partial charge in [-0.1, -0.05) is 27.7 Å². The minimum absolute atomic E-state index is 0.0278. The molecule has 0 aromatic rings. The first-order valence-corrected chi connectivity index (χ1v) is 7.95. The summed E-state index contributed by atoms with van der Waals surface area (Å²) in [5, 5.41) is 8.54. The lowest BCUT2D eigenvalue weighted by molar-refractivity contribution is -0.127. The van der Waals surface area contributed by atoms with Gasteiger partial charge in [0.05, 0.1) is 19.5 Å².